The Bertz CT molecular complexity index is 729. The van der Waals surface area contributed by atoms with E-state index in [1.165, 1.54) is 0 Å². The van der Waals surface area contributed by atoms with E-state index in [1.807, 2.05) is 31.2 Å². The highest BCUT2D eigenvalue weighted by atomic mass is 32.1. The highest BCUT2D eigenvalue weighted by molar-refractivity contribution is 7.81. The summed E-state index contributed by atoms with van der Waals surface area (Å²) >= 11 is 4.46. The van der Waals surface area contributed by atoms with Crippen LogP contribution >= 0.6 is 12.6 Å². The van der Waals surface area contributed by atoms with Crippen molar-refractivity contribution in [1.82, 2.24) is 0 Å². The molecule has 2 aromatic rings. The Morgan fingerprint density at radius 2 is 1.56 bits per heavy atom. The van der Waals surface area contributed by atoms with Crippen LogP contribution in [-0.2, 0) is 4.84 Å². The van der Waals surface area contributed by atoms with E-state index in [1.54, 1.807) is 36.4 Å². The smallest absolute Gasteiger partial charge is 0.313 e. The van der Waals surface area contributed by atoms with E-state index >= 15 is 0 Å². The van der Waals surface area contributed by atoms with E-state index in [0.29, 0.717) is 23.3 Å². The van der Waals surface area contributed by atoms with E-state index in [2.05, 4.69) is 17.8 Å². The van der Waals surface area contributed by atoms with Crippen LogP contribution in [0.2, 0.25) is 0 Å². The summed E-state index contributed by atoms with van der Waals surface area (Å²) in [5, 5.41) is 4.00. The van der Waals surface area contributed by atoms with Crippen LogP contribution in [0.25, 0.3) is 0 Å². The number of hydrogen-bond acceptors (Lipinski definition) is 5. The molecule has 0 saturated carbocycles. The minimum Gasteiger partial charge on any atom is -0.313 e. The van der Waals surface area contributed by atoms with Gasteiger partial charge in [-0.2, -0.15) is 12.6 Å². The second-order valence-corrected chi connectivity index (χ2v) is 6.36. The number of ketones is 1. The van der Waals surface area contributed by atoms with Crippen molar-refractivity contribution < 1.29 is 14.4 Å². The molecule has 0 radical (unpaired) electrons. The number of benzene rings is 2. The minimum atomic E-state index is -0.544. The van der Waals surface area contributed by atoms with Gasteiger partial charge in [-0.05, 0) is 18.6 Å². The summed E-state index contributed by atoms with van der Waals surface area (Å²) in [6, 6.07) is 17.6. The van der Waals surface area contributed by atoms with E-state index in [9.17, 15) is 9.59 Å². The maximum atomic E-state index is 12.4. The zero-order chi connectivity index (χ0) is 18.1. The number of rotatable bonds is 8. The monoisotopic (exact) mass is 355 g/mol. The zero-order valence-corrected chi connectivity index (χ0v) is 15.0. The zero-order valence-electron chi connectivity index (χ0n) is 14.1. The molecule has 0 heterocycles. The van der Waals surface area contributed by atoms with Crippen molar-refractivity contribution in [1.29, 1.82) is 0 Å². The van der Waals surface area contributed by atoms with Crippen LogP contribution < -0.4 is 0 Å². The number of oxime groups is 1. The van der Waals surface area contributed by atoms with Crippen LogP contribution in [0, 0.1) is 0 Å². The topological polar surface area (TPSA) is 55.7 Å². The molecule has 0 fully saturated rings. The molecule has 0 amide bonds. The number of Topliss-reactive ketones (excluding diaryl/α,β-unsaturated/α-hetero) is 1. The highest BCUT2D eigenvalue weighted by Crippen LogP contribution is 2.13. The molecule has 5 heteroatoms. The summed E-state index contributed by atoms with van der Waals surface area (Å²) in [5.74, 6) is -0.607. The molecule has 0 bridgehead atoms. The lowest BCUT2D eigenvalue weighted by molar-refractivity contribution is 0.0513. The molecule has 130 valence electrons. The number of carbonyl (C=O) groups excluding carboxylic acids is 2. The van der Waals surface area contributed by atoms with Gasteiger partial charge in [0.1, 0.15) is 0 Å². The summed E-state index contributed by atoms with van der Waals surface area (Å²) in [5.41, 5.74) is 1.54. The van der Waals surface area contributed by atoms with Gasteiger partial charge in [0.05, 0.1) is 17.7 Å². The first-order valence-electron chi connectivity index (χ1n) is 8.18. The van der Waals surface area contributed by atoms with Gasteiger partial charge in [0.2, 0.25) is 0 Å². The van der Waals surface area contributed by atoms with Crippen molar-refractivity contribution in [3.63, 3.8) is 0 Å². The Labute approximate surface area is 153 Å². The molecule has 25 heavy (non-hydrogen) atoms. The van der Waals surface area contributed by atoms with E-state index in [-0.39, 0.29) is 17.5 Å². The average Bonchev–Trinajstić information content (AvgIpc) is 2.67. The van der Waals surface area contributed by atoms with Gasteiger partial charge in [-0.25, -0.2) is 4.79 Å². The van der Waals surface area contributed by atoms with Crippen molar-refractivity contribution in [2.75, 3.05) is 0 Å². The van der Waals surface area contributed by atoms with Crippen LogP contribution in [0.4, 0.5) is 0 Å². The predicted molar refractivity (Wildman–Crippen MR) is 102 cm³/mol. The van der Waals surface area contributed by atoms with E-state index < -0.39 is 5.97 Å². The number of carbonyl (C=O) groups is 2. The van der Waals surface area contributed by atoms with Crippen molar-refractivity contribution in [2.24, 2.45) is 5.16 Å². The van der Waals surface area contributed by atoms with Gasteiger partial charge >= 0.3 is 5.97 Å². The third-order valence-corrected chi connectivity index (χ3v) is 4.22. The molecule has 0 saturated heterocycles. The maximum absolute atomic E-state index is 12.4. The molecule has 4 nitrogen and oxygen atoms in total. The fraction of sp³-hybridized carbons (Fsp3) is 0.250. The molecule has 0 aliphatic carbocycles. The molecular weight excluding hydrogens is 334 g/mol. The summed E-state index contributed by atoms with van der Waals surface area (Å²) in [7, 11) is 0. The van der Waals surface area contributed by atoms with Crippen molar-refractivity contribution in [3.05, 3.63) is 71.8 Å². The minimum absolute atomic E-state index is 0.0535. The summed E-state index contributed by atoms with van der Waals surface area (Å²) in [6.07, 6.45) is 1.41. The Hall–Kier alpha value is -2.40. The molecule has 0 aliphatic rings. The summed E-state index contributed by atoms with van der Waals surface area (Å²) in [6.45, 7) is 2.00. The van der Waals surface area contributed by atoms with Gasteiger partial charge in [-0.15, -0.1) is 0 Å². The second kappa shape index (κ2) is 9.79. The molecule has 1 unspecified atom stereocenters. The highest BCUT2D eigenvalue weighted by Gasteiger charge is 2.15. The normalized spacial score (nSPS) is 12.5. The first-order valence-corrected chi connectivity index (χ1v) is 8.70. The Morgan fingerprint density at radius 1 is 1.00 bits per heavy atom. The molecule has 2 aromatic carbocycles. The third-order valence-electron chi connectivity index (χ3n) is 3.67. The quantitative estimate of drug-likeness (QED) is 0.248. The second-order valence-electron chi connectivity index (χ2n) is 5.63. The van der Waals surface area contributed by atoms with E-state index in [4.69, 9.17) is 4.84 Å². The Kier molecular flexibility index (Phi) is 7.41. The molecule has 0 aromatic heterocycles. The van der Waals surface area contributed by atoms with Crippen LogP contribution in [0.3, 0.4) is 0 Å². The SMILES string of the molecule is CCC(S)CC(CC(=O)c1ccccc1)=NOC(=O)c1ccccc1. The van der Waals surface area contributed by atoms with Gasteiger partial charge < -0.3 is 4.84 Å². The Morgan fingerprint density at radius 3 is 2.12 bits per heavy atom. The molecular formula is C20H21NO3S. The summed E-state index contributed by atoms with van der Waals surface area (Å²) < 4.78 is 0. The van der Waals surface area contributed by atoms with Crippen LogP contribution in [-0.4, -0.2) is 22.7 Å². The lowest BCUT2D eigenvalue weighted by Gasteiger charge is -2.10. The third kappa shape index (κ3) is 6.19. The van der Waals surface area contributed by atoms with Crippen LogP contribution in [0.15, 0.2) is 65.8 Å². The molecule has 1 atom stereocenters. The van der Waals surface area contributed by atoms with Crippen LogP contribution in [0.1, 0.15) is 46.9 Å². The largest absolute Gasteiger partial charge is 0.365 e. The van der Waals surface area contributed by atoms with Gasteiger partial charge in [-0.3, -0.25) is 4.79 Å². The Balaban J connectivity index is 2.09. The number of nitrogens with zero attached hydrogens (tertiary/aromatic N) is 1. The lowest BCUT2D eigenvalue weighted by Crippen LogP contribution is -2.15. The maximum Gasteiger partial charge on any atom is 0.365 e. The number of thiol groups is 1. The van der Waals surface area contributed by atoms with Crippen LogP contribution in [0.5, 0.6) is 0 Å². The van der Waals surface area contributed by atoms with E-state index in [0.717, 1.165) is 6.42 Å². The van der Waals surface area contributed by atoms with Crippen molar-refractivity contribution in [2.45, 2.75) is 31.4 Å². The van der Waals surface area contributed by atoms with Crippen molar-refractivity contribution >= 4 is 30.1 Å². The first kappa shape index (κ1) is 18.9. The van der Waals surface area contributed by atoms with Gasteiger partial charge in [0.25, 0.3) is 0 Å². The van der Waals surface area contributed by atoms with Gasteiger partial charge in [0, 0.05) is 17.2 Å². The fourth-order valence-electron chi connectivity index (χ4n) is 2.20. The first-order chi connectivity index (χ1) is 12.1. The fourth-order valence-corrected chi connectivity index (χ4v) is 2.41. The average molecular weight is 355 g/mol. The number of hydrogen-bond donors (Lipinski definition) is 1. The lowest BCUT2D eigenvalue weighted by atomic mass is 10.0. The van der Waals surface area contributed by atoms with Gasteiger partial charge in [0.15, 0.2) is 5.78 Å². The van der Waals surface area contributed by atoms with Crippen molar-refractivity contribution in [3.8, 4) is 0 Å². The molecule has 0 spiro atoms. The molecule has 0 aliphatic heterocycles. The predicted octanol–water partition coefficient (Wildman–Crippen LogP) is 4.57. The molecule has 2 rings (SSSR count). The standard InChI is InChI=1S/C20H21NO3S/c1-2-18(25)13-17(14-19(22)15-9-5-3-6-10-15)21-24-20(23)16-11-7-4-8-12-16/h3-12,18,25H,2,13-14H2,1H3. The molecule has 0 N–H and O–H groups in total. The summed E-state index contributed by atoms with van der Waals surface area (Å²) in [4.78, 5) is 29.5. The van der Waals surface area contributed by atoms with Gasteiger partial charge in [-0.1, -0.05) is 60.6 Å².